The zero-order valence-electron chi connectivity index (χ0n) is 8.36. The molecule has 0 spiro atoms. The highest BCUT2D eigenvalue weighted by Crippen LogP contribution is 2.02. The van der Waals surface area contributed by atoms with Gasteiger partial charge in [-0.25, -0.2) is 4.79 Å². The first-order valence-corrected chi connectivity index (χ1v) is 4.38. The molecule has 5 heteroatoms. The minimum absolute atomic E-state index is 0.385. The van der Waals surface area contributed by atoms with Crippen molar-refractivity contribution in [1.82, 2.24) is 0 Å². The minimum Gasteiger partial charge on any atom is -0.454 e. The second-order valence-corrected chi connectivity index (χ2v) is 3.03. The van der Waals surface area contributed by atoms with E-state index < -0.39 is 18.5 Å². The molecular formula is C9H16O5. The molecule has 5 nitrogen and oxygen atoms in total. The number of unbranched alkanes of at least 4 members (excludes halogenated alkanes) is 1. The van der Waals surface area contributed by atoms with Gasteiger partial charge in [0.15, 0.2) is 6.61 Å². The summed E-state index contributed by atoms with van der Waals surface area (Å²) in [7, 11) is 0. The fourth-order valence-electron chi connectivity index (χ4n) is 0.720. The Balaban J connectivity index is 3.97. The average Bonchev–Trinajstić information content (AvgIpc) is 2.09. The molecule has 0 aromatic carbocycles. The molecule has 0 atom stereocenters. The van der Waals surface area contributed by atoms with Crippen LogP contribution in [-0.4, -0.2) is 33.9 Å². The van der Waals surface area contributed by atoms with Gasteiger partial charge in [0.25, 0.3) is 0 Å². The summed E-state index contributed by atoms with van der Waals surface area (Å²) in [6.07, 6.45) is 3.36. The molecule has 14 heavy (non-hydrogen) atoms. The van der Waals surface area contributed by atoms with Gasteiger partial charge < -0.3 is 20.1 Å². The van der Waals surface area contributed by atoms with Crippen LogP contribution in [0.5, 0.6) is 0 Å². The van der Waals surface area contributed by atoms with Crippen molar-refractivity contribution in [2.24, 2.45) is 0 Å². The van der Waals surface area contributed by atoms with Crippen molar-refractivity contribution < 1.29 is 24.9 Å². The van der Waals surface area contributed by atoms with Crippen LogP contribution in [0, 0.1) is 0 Å². The summed E-state index contributed by atoms with van der Waals surface area (Å²) < 4.78 is 4.41. The van der Waals surface area contributed by atoms with Crippen LogP contribution in [-0.2, 0) is 9.53 Å². The summed E-state index contributed by atoms with van der Waals surface area (Å²) in [5, 5.41) is 25.3. The van der Waals surface area contributed by atoms with Crippen LogP contribution in [0.3, 0.4) is 0 Å². The maximum Gasteiger partial charge on any atom is 0.333 e. The molecule has 0 aliphatic heterocycles. The van der Waals surface area contributed by atoms with Crippen molar-refractivity contribution in [2.45, 2.75) is 32.7 Å². The van der Waals surface area contributed by atoms with Crippen molar-refractivity contribution in [1.29, 1.82) is 0 Å². The minimum atomic E-state index is -2.96. The topological polar surface area (TPSA) is 87.0 Å². The lowest BCUT2D eigenvalue weighted by Crippen LogP contribution is -2.34. The Morgan fingerprint density at radius 2 is 2.00 bits per heavy atom. The van der Waals surface area contributed by atoms with Crippen LogP contribution in [0.15, 0.2) is 11.6 Å². The fraction of sp³-hybridized carbons (Fsp3) is 0.667. The number of hydrogen-bond acceptors (Lipinski definition) is 5. The SMILES string of the molecule is CCCC=C(C)C(=O)OCC(O)(O)O. The van der Waals surface area contributed by atoms with E-state index in [4.69, 9.17) is 15.3 Å². The van der Waals surface area contributed by atoms with Crippen LogP contribution in [0.25, 0.3) is 0 Å². The molecule has 0 aliphatic carbocycles. The van der Waals surface area contributed by atoms with Gasteiger partial charge in [0, 0.05) is 5.57 Å². The maximum atomic E-state index is 11.1. The van der Waals surface area contributed by atoms with Gasteiger partial charge in [-0.1, -0.05) is 19.4 Å². The number of ether oxygens (including phenoxy) is 1. The Morgan fingerprint density at radius 3 is 2.43 bits per heavy atom. The molecule has 0 unspecified atom stereocenters. The smallest absolute Gasteiger partial charge is 0.333 e. The number of esters is 1. The number of carbonyl (C=O) groups is 1. The first-order chi connectivity index (χ1) is 6.37. The molecule has 0 rings (SSSR count). The normalized spacial score (nSPS) is 12.8. The van der Waals surface area contributed by atoms with Gasteiger partial charge in [0.1, 0.15) is 0 Å². The van der Waals surface area contributed by atoms with Gasteiger partial charge in [0.05, 0.1) is 0 Å². The van der Waals surface area contributed by atoms with Crippen molar-refractivity contribution in [3.8, 4) is 0 Å². The van der Waals surface area contributed by atoms with Gasteiger partial charge in [-0.15, -0.1) is 0 Å². The fourth-order valence-corrected chi connectivity index (χ4v) is 0.720. The molecule has 0 fully saturated rings. The third-order valence-corrected chi connectivity index (χ3v) is 1.46. The Labute approximate surface area is 82.6 Å². The lowest BCUT2D eigenvalue weighted by Gasteiger charge is -2.13. The van der Waals surface area contributed by atoms with Gasteiger partial charge in [0.2, 0.25) is 0 Å². The van der Waals surface area contributed by atoms with E-state index in [0.717, 1.165) is 12.8 Å². The van der Waals surface area contributed by atoms with Gasteiger partial charge in [-0.05, 0) is 13.3 Å². The summed E-state index contributed by atoms with van der Waals surface area (Å²) in [5.74, 6) is -3.62. The molecule has 0 aromatic heterocycles. The van der Waals surface area contributed by atoms with E-state index in [2.05, 4.69) is 4.74 Å². The molecule has 0 aliphatic rings. The quantitative estimate of drug-likeness (QED) is 0.331. The second kappa shape index (κ2) is 5.74. The maximum absolute atomic E-state index is 11.1. The highest BCUT2D eigenvalue weighted by Gasteiger charge is 2.21. The molecular weight excluding hydrogens is 188 g/mol. The highest BCUT2D eigenvalue weighted by molar-refractivity contribution is 5.87. The second-order valence-electron chi connectivity index (χ2n) is 3.03. The molecule has 3 N–H and O–H groups in total. The molecule has 82 valence electrons. The Kier molecular flexibility index (Phi) is 5.37. The number of aliphatic hydroxyl groups is 3. The van der Waals surface area contributed by atoms with Crippen molar-refractivity contribution >= 4 is 5.97 Å². The Hall–Kier alpha value is -0.910. The summed E-state index contributed by atoms with van der Waals surface area (Å²) in [6, 6.07) is 0. The van der Waals surface area contributed by atoms with E-state index in [-0.39, 0.29) is 0 Å². The molecule has 0 heterocycles. The summed E-state index contributed by atoms with van der Waals surface area (Å²) in [6.45, 7) is 2.67. The van der Waals surface area contributed by atoms with E-state index >= 15 is 0 Å². The average molecular weight is 204 g/mol. The largest absolute Gasteiger partial charge is 0.454 e. The molecule has 0 saturated heterocycles. The lowest BCUT2D eigenvalue weighted by atomic mass is 10.2. The zero-order chi connectivity index (χ0) is 11.2. The standard InChI is InChI=1S/C9H16O5/c1-3-4-5-7(2)8(10)14-6-9(11,12)13/h5,11-13H,3-4,6H2,1-2H3. The van der Waals surface area contributed by atoms with E-state index in [0.29, 0.717) is 5.57 Å². The van der Waals surface area contributed by atoms with Crippen molar-refractivity contribution in [3.05, 3.63) is 11.6 Å². The van der Waals surface area contributed by atoms with Crippen molar-refractivity contribution in [2.75, 3.05) is 6.61 Å². The third kappa shape index (κ3) is 6.59. The predicted molar refractivity (Wildman–Crippen MR) is 49.0 cm³/mol. The number of carbonyl (C=O) groups excluding carboxylic acids is 1. The lowest BCUT2D eigenvalue weighted by molar-refractivity contribution is -0.327. The highest BCUT2D eigenvalue weighted by atomic mass is 16.7. The molecule has 0 aromatic rings. The number of allylic oxidation sites excluding steroid dienone is 1. The molecule has 0 amide bonds. The van der Waals surface area contributed by atoms with Gasteiger partial charge >= 0.3 is 11.9 Å². The van der Waals surface area contributed by atoms with Crippen LogP contribution in [0.4, 0.5) is 0 Å². The van der Waals surface area contributed by atoms with Gasteiger partial charge in [-0.2, -0.15) is 0 Å². The van der Waals surface area contributed by atoms with Crippen LogP contribution >= 0.6 is 0 Å². The van der Waals surface area contributed by atoms with Gasteiger partial charge in [-0.3, -0.25) is 0 Å². The summed E-state index contributed by atoms with van der Waals surface area (Å²) in [5.41, 5.74) is 0.385. The number of rotatable bonds is 5. The van der Waals surface area contributed by atoms with Crippen LogP contribution in [0.2, 0.25) is 0 Å². The summed E-state index contributed by atoms with van der Waals surface area (Å²) in [4.78, 5) is 11.1. The predicted octanol–water partition coefficient (Wildman–Crippen LogP) is -0.0933. The third-order valence-electron chi connectivity index (χ3n) is 1.46. The Morgan fingerprint density at radius 1 is 1.43 bits per heavy atom. The first-order valence-electron chi connectivity index (χ1n) is 4.38. The molecule has 0 saturated carbocycles. The monoisotopic (exact) mass is 204 g/mol. The Bertz CT molecular complexity index is 214. The molecule has 0 radical (unpaired) electrons. The molecule has 0 bridgehead atoms. The van der Waals surface area contributed by atoms with Crippen LogP contribution in [0.1, 0.15) is 26.7 Å². The zero-order valence-corrected chi connectivity index (χ0v) is 8.36. The van der Waals surface area contributed by atoms with E-state index in [9.17, 15) is 4.79 Å². The summed E-state index contributed by atoms with van der Waals surface area (Å²) >= 11 is 0. The van der Waals surface area contributed by atoms with Crippen LogP contribution < -0.4 is 0 Å². The van der Waals surface area contributed by atoms with E-state index in [1.165, 1.54) is 0 Å². The van der Waals surface area contributed by atoms with E-state index in [1.54, 1.807) is 13.0 Å². The number of hydrogen-bond donors (Lipinski definition) is 3. The first kappa shape index (κ1) is 13.1. The van der Waals surface area contributed by atoms with E-state index in [1.807, 2.05) is 6.92 Å². The van der Waals surface area contributed by atoms with Crippen molar-refractivity contribution in [3.63, 3.8) is 0 Å².